The summed E-state index contributed by atoms with van der Waals surface area (Å²) < 4.78 is 6.78. The molecule has 6 nitrogen and oxygen atoms in total. The number of benzene rings is 1. The van der Waals surface area contributed by atoms with Gasteiger partial charge in [-0.2, -0.15) is 0 Å². The van der Waals surface area contributed by atoms with Crippen molar-refractivity contribution in [1.29, 1.82) is 0 Å². The molecule has 1 heterocycles. The molecule has 0 fully saturated rings. The summed E-state index contributed by atoms with van der Waals surface area (Å²) in [6.07, 6.45) is 5.25. The van der Waals surface area contributed by atoms with E-state index >= 15 is 0 Å². The van der Waals surface area contributed by atoms with Crippen molar-refractivity contribution in [2.24, 2.45) is 5.73 Å². The molecule has 2 rings (SSSR count). The molecule has 1 atom stereocenters. The van der Waals surface area contributed by atoms with Gasteiger partial charge in [0.15, 0.2) is 0 Å². The van der Waals surface area contributed by atoms with Crippen molar-refractivity contribution < 1.29 is 4.74 Å². The zero-order valence-electron chi connectivity index (χ0n) is 12.2. The van der Waals surface area contributed by atoms with Crippen molar-refractivity contribution in [3.05, 3.63) is 47.1 Å². The number of imidazole rings is 1. The number of H-pyrrole nitrogens is 1. The van der Waals surface area contributed by atoms with Gasteiger partial charge < -0.3 is 20.8 Å². The summed E-state index contributed by atoms with van der Waals surface area (Å²) in [5, 5.41) is 3.43. The number of ether oxygens (including phenoxy) is 1. The Morgan fingerprint density at radius 1 is 1.38 bits per heavy atom. The van der Waals surface area contributed by atoms with Crippen LogP contribution < -0.4 is 16.7 Å². The van der Waals surface area contributed by atoms with Gasteiger partial charge in [0.25, 0.3) is 0 Å². The highest BCUT2D eigenvalue weighted by Crippen LogP contribution is 2.14. The van der Waals surface area contributed by atoms with E-state index in [1.807, 2.05) is 24.3 Å². The van der Waals surface area contributed by atoms with Crippen LogP contribution in [0.1, 0.15) is 12.8 Å². The molecule has 0 saturated carbocycles. The van der Waals surface area contributed by atoms with Crippen LogP contribution in [0.5, 0.6) is 0 Å². The molecule has 21 heavy (non-hydrogen) atoms. The number of hydrogen-bond donors (Lipinski definition) is 3. The van der Waals surface area contributed by atoms with Crippen LogP contribution in [0, 0.1) is 0 Å². The van der Waals surface area contributed by atoms with Crippen molar-refractivity contribution in [1.82, 2.24) is 9.55 Å². The average molecular weight is 290 g/mol. The van der Waals surface area contributed by atoms with Gasteiger partial charge in [0.1, 0.15) is 0 Å². The Morgan fingerprint density at radius 2 is 2.14 bits per heavy atom. The monoisotopic (exact) mass is 290 g/mol. The molecule has 0 aliphatic rings. The molecule has 1 unspecified atom stereocenters. The van der Waals surface area contributed by atoms with Gasteiger partial charge in [0.05, 0.1) is 12.3 Å². The Balaban J connectivity index is 2.04. The van der Waals surface area contributed by atoms with Crippen LogP contribution in [0.2, 0.25) is 0 Å². The minimum atomic E-state index is -0.143. The van der Waals surface area contributed by atoms with Gasteiger partial charge in [-0.3, -0.25) is 4.57 Å². The standard InChI is InChI=1S/C15H22N4O2/c1-21-11-13(3-2-8-16)18-12-4-6-14(7-5-12)19-10-9-17-15(19)20/h4-7,9-10,13,18H,2-3,8,11,16H2,1H3,(H,17,20). The molecule has 0 spiro atoms. The van der Waals surface area contributed by atoms with Crippen LogP contribution in [-0.4, -0.2) is 35.9 Å². The SMILES string of the molecule is COCC(CCCN)Nc1ccc(-n2cc[nH]c2=O)cc1. The minimum absolute atomic E-state index is 0.143. The summed E-state index contributed by atoms with van der Waals surface area (Å²) in [4.78, 5) is 14.2. The summed E-state index contributed by atoms with van der Waals surface area (Å²) in [5.74, 6) is 0. The Kier molecular flexibility index (Phi) is 5.59. The van der Waals surface area contributed by atoms with E-state index in [0.29, 0.717) is 13.2 Å². The number of nitrogens with two attached hydrogens (primary N) is 1. The predicted octanol–water partition coefficient (Wildman–Crippen LogP) is 1.33. The molecule has 0 saturated heterocycles. The Morgan fingerprint density at radius 3 is 2.71 bits per heavy atom. The number of anilines is 1. The predicted molar refractivity (Wildman–Crippen MR) is 84.0 cm³/mol. The maximum atomic E-state index is 11.5. The van der Waals surface area contributed by atoms with Crippen molar-refractivity contribution in [2.75, 3.05) is 25.6 Å². The first kappa shape index (κ1) is 15.3. The number of rotatable bonds is 8. The largest absolute Gasteiger partial charge is 0.383 e. The summed E-state index contributed by atoms with van der Waals surface area (Å²) in [5.41, 5.74) is 7.24. The Bertz CT molecular complexity index is 588. The van der Waals surface area contributed by atoms with Crippen LogP contribution in [0.15, 0.2) is 41.5 Å². The molecule has 1 aromatic carbocycles. The molecular formula is C15H22N4O2. The number of nitrogens with one attached hydrogen (secondary N) is 2. The fourth-order valence-electron chi connectivity index (χ4n) is 2.24. The molecule has 114 valence electrons. The minimum Gasteiger partial charge on any atom is -0.383 e. The van der Waals surface area contributed by atoms with Crippen molar-refractivity contribution >= 4 is 5.69 Å². The zero-order valence-corrected chi connectivity index (χ0v) is 12.2. The normalized spacial score (nSPS) is 12.3. The van der Waals surface area contributed by atoms with Gasteiger partial charge in [-0.05, 0) is 43.7 Å². The summed E-state index contributed by atoms with van der Waals surface area (Å²) in [7, 11) is 1.69. The molecule has 0 bridgehead atoms. The van der Waals surface area contributed by atoms with Crippen molar-refractivity contribution in [2.45, 2.75) is 18.9 Å². The highest BCUT2D eigenvalue weighted by molar-refractivity contribution is 5.49. The van der Waals surface area contributed by atoms with E-state index in [1.165, 1.54) is 0 Å². The highest BCUT2D eigenvalue weighted by atomic mass is 16.5. The van der Waals surface area contributed by atoms with E-state index in [4.69, 9.17) is 10.5 Å². The fraction of sp³-hybridized carbons (Fsp3) is 0.400. The first-order valence-electron chi connectivity index (χ1n) is 7.06. The van der Waals surface area contributed by atoms with Crippen LogP contribution in [0.3, 0.4) is 0 Å². The topological polar surface area (TPSA) is 85.1 Å². The van der Waals surface area contributed by atoms with Crippen LogP contribution in [0.25, 0.3) is 5.69 Å². The average Bonchev–Trinajstić information content (AvgIpc) is 2.92. The second-order valence-electron chi connectivity index (χ2n) is 4.91. The lowest BCUT2D eigenvalue weighted by Crippen LogP contribution is -2.25. The lowest BCUT2D eigenvalue weighted by Gasteiger charge is -2.19. The third kappa shape index (κ3) is 4.21. The van der Waals surface area contributed by atoms with E-state index in [9.17, 15) is 4.79 Å². The van der Waals surface area contributed by atoms with Crippen LogP contribution >= 0.6 is 0 Å². The quantitative estimate of drug-likeness (QED) is 0.685. The van der Waals surface area contributed by atoms with Gasteiger partial charge >= 0.3 is 5.69 Å². The third-order valence-corrected chi connectivity index (χ3v) is 3.29. The van der Waals surface area contributed by atoms with Crippen LogP contribution in [-0.2, 0) is 4.74 Å². The second kappa shape index (κ2) is 7.66. The first-order valence-corrected chi connectivity index (χ1v) is 7.06. The Labute approximate surface area is 123 Å². The van der Waals surface area contributed by atoms with E-state index in [2.05, 4.69) is 10.3 Å². The van der Waals surface area contributed by atoms with Crippen molar-refractivity contribution in [3.8, 4) is 5.69 Å². The fourth-order valence-corrected chi connectivity index (χ4v) is 2.24. The van der Waals surface area contributed by atoms with Crippen molar-refractivity contribution in [3.63, 3.8) is 0 Å². The van der Waals surface area contributed by atoms with E-state index in [-0.39, 0.29) is 11.7 Å². The molecule has 6 heteroatoms. The van der Waals surface area contributed by atoms with Gasteiger partial charge in [0.2, 0.25) is 0 Å². The molecule has 1 aromatic heterocycles. The van der Waals surface area contributed by atoms with Gasteiger partial charge in [0, 0.05) is 31.2 Å². The van der Waals surface area contributed by atoms with Gasteiger partial charge in [-0.15, -0.1) is 0 Å². The molecule has 0 aliphatic heterocycles. The number of methoxy groups -OCH3 is 1. The molecule has 0 amide bonds. The molecule has 4 N–H and O–H groups in total. The zero-order chi connectivity index (χ0) is 15.1. The molecule has 0 radical (unpaired) electrons. The lowest BCUT2D eigenvalue weighted by molar-refractivity contribution is 0.182. The lowest BCUT2D eigenvalue weighted by atomic mass is 10.1. The third-order valence-electron chi connectivity index (χ3n) is 3.29. The van der Waals surface area contributed by atoms with Gasteiger partial charge in [-0.25, -0.2) is 4.79 Å². The Hall–Kier alpha value is -2.05. The number of nitrogens with zero attached hydrogens (tertiary/aromatic N) is 1. The number of hydrogen-bond acceptors (Lipinski definition) is 4. The van der Waals surface area contributed by atoms with Gasteiger partial charge in [-0.1, -0.05) is 0 Å². The van der Waals surface area contributed by atoms with Crippen LogP contribution in [0.4, 0.5) is 5.69 Å². The number of aromatic nitrogens is 2. The maximum Gasteiger partial charge on any atom is 0.330 e. The highest BCUT2D eigenvalue weighted by Gasteiger charge is 2.08. The summed E-state index contributed by atoms with van der Waals surface area (Å²) >= 11 is 0. The van der Waals surface area contributed by atoms with E-state index < -0.39 is 0 Å². The second-order valence-corrected chi connectivity index (χ2v) is 4.91. The molecular weight excluding hydrogens is 268 g/mol. The summed E-state index contributed by atoms with van der Waals surface area (Å²) in [6.45, 7) is 1.32. The summed E-state index contributed by atoms with van der Waals surface area (Å²) in [6, 6.07) is 7.97. The first-order chi connectivity index (χ1) is 10.2. The number of aromatic amines is 1. The van der Waals surface area contributed by atoms with E-state index in [1.54, 1.807) is 24.1 Å². The smallest absolute Gasteiger partial charge is 0.330 e. The maximum absolute atomic E-state index is 11.5. The molecule has 0 aliphatic carbocycles. The van der Waals surface area contributed by atoms with E-state index in [0.717, 1.165) is 24.2 Å². The molecule has 2 aromatic rings.